The molecule has 0 N–H and O–H groups in total. The van der Waals surface area contributed by atoms with Crippen LogP contribution in [0.15, 0.2) is 60.8 Å². The normalized spacial score (nSPS) is 20.6. The Morgan fingerprint density at radius 2 is 1.94 bits per heavy atom. The van der Waals surface area contributed by atoms with Crippen LogP contribution in [0.5, 0.6) is 5.75 Å². The third kappa shape index (κ3) is 3.77. The van der Waals surface area contributed by atoms with Crippen molar-refractivity contribution < 1.29 is 18.7 Å². The number of hydrogen-bond donors (Lipinski definition) is 0. The largest absolute Gasteiger partial charge is 0.486 e. The molecule has 0 amide bonds. The van der Waals surface area contributed by atoms with Crippen molar-refractivity contribution in [3.63, 3.8) is 0 Å². The lowest BCUT2D eigenvalue weighted by molar-refractivity contribution is -0.144. The highest BCUT2D eigenvalue weighted by molar-refractivity contribution is 5.95. The van der Waals surface area contributed by atoms with Crippen LogP contribution in [0.2, 0.25) is 0 Å². The molecule has 6 heteroatoms. The molecule has 0 unspecified atom stereocenters. The average Bonchev–Trinajstić information content (AvgIpc) is 3.43. The Hall–Kier alpha value is -3.67. The summed E-state index contributed by atoms with van der Waals surface area (Å²) in [4.78, 5) is 12.0. The van der Waals surface area contributed by atoms with Crippen molar-refractivity contribution in [3.8, 4) is 16.9 Å². The summed E-state index contributed by atoms with van der Waals surface area (Å²) >= 11 is 0. The Morgan fingerprint density at radius 3 is 2.74 bits per heavy atom. The van der Waals surface area contributed by atoms with Gasteiger partial charge in [0.2, 0.25) is 0 Å². The molecule has 1 fully saturated rings. The zero-order chi connectivity index (χ0) is 24.1. The van der Waals surface area contributed by atoms with Crippen LogP contribution in [-0.2, 0) is 23.0 Å². The average molecular weight is 471 g/mol. The fourth-order valence-corrected chi connectivity index (χ4v) is 5.49. The molecule has 3 aromatic carbocycles. The summed E-state index contributed by atoms with van der Waals surface area (Å²) in [5.74, 6) is 0.537. The first-order chi connectivity index (χ1) is 17.0. The summed E-state index contributed by atoms with van der Waals surface area (Å²) in [7, 11) is 1.93. The quantitative estimate of drug-likeness (QED) is 0.319. The standard InChI is InChI=1S/C29H27FN2O3/c1-3-34-29(33)23-15-22(23)17-7-9-18(10-8-17)35-27-14-12-21-20(11-13-25(30)28(21)27)19-5-4-6-26-24(19)16-31-32(26)2/h4-11,13,16,22-23,27H,3,12,14-15H2,1-2H3/t22-,23+,27-/m1/s1. The Bertz CT molecular complexity index is 1430. The van der Waals surface area contributed by atoms with E-state index in [2.05, 4.69) is 11.2 Å². The second-order valence-corrected chi connectivity index (χ2v) is 9.41. The van der Waals surface area contributed by atoms with E-state index in [9.17, 15) is 4.79 Å². The molecule has 1 heterocycles. The molecule has 2 aliphatic rings. The molecular formula is C29H27FN2O3. The number of ether oxygens (including phenoxy) is 2. The lowest BCUT2D eigenvalue weighted by Gasteiger charge is -2.17. The first kappa shape index (κ1) is 21.8. The van der Waals surface area contributed by atoms with Crippen molar-refractivity contribution in [2.75, 3.05) is 6.61 Å². The lowest BCUT2D eigenvalue weighted by Crippen LogP contribution is -2.07. The minimum Gasteiger partial charge on any atom is -0.486 e. The molecule has 35 heavy (non-hydrogen) atoms. The van der Waals surface area contributed by atoms with Gasteiger partial charge < -0.3 is 9.47 Å². The maximum atomic E-state index is 15.1. The highest BCUT2D eigenvalue weighted by Gasteiger charge is 2.45. The van der Waals surface area contributed by atoms with Crippen LogP contribution in [0.4, 0.5) is 4.39 Å². The van der Waals surface area contributed by atoms with Gasteiger partial charge in [-0.2, -0.15) is 5.10 Å². The fourth-order valence-electron chi connectivity index (χ4n) is 5.49. The lowest BCUT2D eigenvalue weighted by atomic mass is 9.94. The van der Waals surface area contributed by atoms with E-state index in [1.807, 2.05) is 67.3 Å². The summed E-state index contributed by atoms with van der Waals surface area (Å²) in [5.41, 5.74) is 5.93. The number of aryl methyl sites for hydroxylation is 1. The topological polar surface area (TPSA) is 53.4 Å². The molecule has 4 aromatic rings. The van der Waals surface area contributed by atoms with Crippen molar-refractivity contribution in [2.45, 2.75) is 38.2 Å². The van der Waals surface area contributed by atoms with Crippen LogP contribution in [0.1, 0.15) is 48.5 Å². The van der Waals surface area contributed by atoms with Gasteiger partial charge in [0.05, 0.1) is 24.2 Å². The first-order valence-corrected chi connectivity index (χ1v) is 12.2. The minimum atomic E-state index is -0.336. The van der Waals surface area contributed by atoms with E-state index in [1.54, 1.807) is 6.07 Å². The minimum absolute atomic E-state index is 0.0415. The van der Waals surface area contributed by atoms with E-state index in [-0.39, 0.29) is 29.7 Å². The zero-order valence-corrected chi connectivity index (χ0v) is 19.8. The van der Waals surface area contributed by atoms with Gasteiger partial charge in [0.25, 0.3) is 0 Å². The number of rotatable bonds is 6. The first-order valence-electron chi connectivity index (χ1n) is 12.2. The van der Waals surface area contributed by atoms with Crippen LogP contribution in [0, 0.1) is 11.7 Å². The third-order valence-electron chi connectivity index (χ3n) is 7.33. The fraction of sp³-hybridized carbons (Fsp3) is 0.310. The Morgan fingerprint density at radius 1 is 1.11 bits per heavy atom. The molecule has 0 bridgehead atoms. The van der Waals surface area contributed by atoms with Crippen molar-refractivity contribution >= 4 is 16.9 Å². The SMILES string of the molecule is CCOC(=O)[C@H]1C[C@@H]1c1ccc(O[C@@H]2CCc3c(-c4cccc5c4cnn5C)ccc(F)c32)cc1. The molecule has 0 aliphatic heterocycles. The molecule has 2 aliphatic carbocycles. The van der Waals surface area contributed by atoms with E-state index in [0.717, 1.165) is 52.4 Å². The Balaban J connectivity index is 1.25. The van der Waals surface area contributed by atoms with Crippen LogP contribution in [0.25, 0.3) is 22.0 Å². The molecular weight excluding hydrogens is 443 g/mol. The van der Waals surface area contributed by atoms with E-state index in [0.29, 0.717) is 17.9 Å². The molecule has 6 rings (SSSR count). The van der Waals surface area contributed by atoms with Gasteiger partial charge in [0.15, 0.2) is 0 Å². The molecule has 0 radical (unpaired) electrons. The monoisotopic (exact) mass is 470 g/mol. The summed E-state index contributed by atoms with van der Waals surface area (Å²) in [6, 6.07) is 17.4. The van der Waals surface area contributed by atoms with Gasteiger partial charge in [-0.3, -0.25) is 9.48 Å². The molecule has 178 valence electrons. The molecule has 0 spiro atoms. The van der Waals surface area contributed by atoms with Gasteiger partial charge in [0.1, 0.15) is 17.7 Å². The maximum Gasteiger partial charge on any atom is 0.309 e. The number of halogens is 1. The van der Waals surface area contributed by atoms with E-state index in [1.165, 1.54) is 0 Å². The number of esters is 1. The number of aromatic nitrogens is 2. The summed E-state index contributed by atoms with van der Waals surface area (Å²) in [5, 5.41) is 5.46. The predicted molar refractivity (Wildman–Crippen MR) is 132 cm³/mol. The number of nitrogens with zero attached hydrogens (tertiary/aromatic N) is 2. The molecule has 5 nitrogen and oxygen atoms in total. The molecule has 1 saturated carbocycles. The van der Waals surface area contributed by atoms with Gasteiger partial charge in [-0.15, -0.1) is 0 Å². The number of fused-ring (bicyclic) bond motifs is 2. The summed E-state index contributed by atoms with van der Waals surface area (Å²) in [6.45, 7) is 2.24. The Kier molecular flexibility index (Phi) is 5.32. The van der Waals surface area contributed by atoms with Gasteiger partial charge in [-0.25, -0.2) is 4.39 Å². The number of carbonyl (C=O) groups is 1. The van der Waals surface area contributed by atoms with Crippen molar-refractivity contribution in [1.82, 2.24) is 9.78 Å². The van der Waals surface area contributed by atoms with Crippen molar-refractivity contribution in [3.05, 3.63) is 83.3 Å². The highest BCUT2D eigenvalue weighted by Crippen LogP contribution is 2.49. The van der Waals surface area contributed by atoms with E-state index < -0.39 is 0 Å². The van der Waals surface area contributed by atoms with Crippen molar-refractivity contribution in [1.29, 1.82) is 0 Å². The molecule has 1 aromatic heterocycles. The number of carbonyl (C=O) groups excluding carboxylic acids is 1. The second kappa shape index (κ2) is 8.52. The van der Waals surface area contributed by atoms with Crippen LogP contribution in [-0.4, -0.2) is 22.4 Å². The summed E-state index contributed by atoms with van der Waals surface area (Å²) < 4.78 is 28.4. The number of hydrogen-bond acceptors (Lipinski definition) is 4. The third-order valence-corrected chi connectivity index (χ3v) is 7.33. The predicted octanol–water partition coefficient (Wildman–Crippen LogP) is 6.11. The van der Waals surface area contributed by atoms with Gasteiger partial charge >= 0.3 is 5.97 Å². The maximum absolute atomic E-state index is 15.1. The van der Waals surface area contributed by atoms with E-state index >= 15 is 4.39 Å². The zero-order valence-electron chi connectivity index (χ0n) is 19.8. The van der Waals surface area contributed by atoms with Crippen molar-refractivity contribution in [2.24, 2.45) is 13.0 Å². The molecule has 3 atom stereocenters. The van der Waals surface area contributed by atoms with Gasteiger partial charge in [-0.1, -0.05) is 30.3 Å². The van der Waals surface area contributed by atoms with E-state index in [4.69, 9.17) is 9.47 Å². The highest BCUT2D eigenvalue weighted by atomic mass is 19.1. The Labute approximate surface area is 203 Å². The van der Waals surface area contributed by atoms with Gasteiger partial charge in [0, 0.05) is 18.0 Å². The van der Waals surface area contributed by atoms with Gasteiger partial charge in [-0.05, 0) is 78.6 Å². The number of benzene rings is 3. The smallest absolute Gasteiger partial charge is 0.309 e. The van der Waals surface area contributed by atoms with Crippen LogP contribution < -0.4 is 4.74 Å². The van der Waals surface area contributed by atoms with Crippen LogP contribution in [0.3, 0.4) is 0 Å². The van der Waals surface area contributed by atoms with Crippen LogP contribution >= 0.6 is 0 Å². The second-order valence-electron chi connectivity index (χ2n) is 9.41. The summed E-state index contributed by atoms with van der Waals surface area (Å²) in [6.07, 6.45) is 3.84. The molecule has 0 saturated heterocycles.